The lowest BCUT2D eigenvalue weighted by Crippen LogP contribution is -2.15. The normalized spacial score (nSPS) is 15.7. The van der Waals surface area contributed by atoms with Crippen molar-refractivity contribution in [1.82, 2.24) is 15.0 Å². The molecule has 1 aliphatic rings. The zero-order valence-electron chi connectivity index (χ0n) is 13.5. The zero-order valence-corrected chi connectivity index (χ0v) is 15.1. The number of hydrogen-bond donors (Lipinski definition) is 1. The molecular weight excluding hydrogens is 366 g/mol. The summed E-state index contributed by atoms with van der Waals surface area (Å²) in [5.74, 6) is 2.43. The molecule has 4 rings (SSSR count). The van der Waals surface area contributed by atoms with E-state index in [-0.39, 0.29) is 0 Å². The predicted molar refractivity (Wildman–Crippen MR) is 99.1 cm³/mol. The highest BCUT2D eigenvalue weighted by atomic mass is 79.9. The minimum Gasteiger partial charge on any atom is -0.493 e. The van der Waals surface area contributed by atoms with Crippen LogP contribution in [0.25, 0.3) is 22.6 Å². The largest absolute Gasteiger partial charge is 0.493 e. The molecule has 0 saturated heterocycles. The average Bonchev–Trinajstić information content (AvgIpc) is 3.04. The summed E-state index contributed by atoms with van der Waals surface area (Å²) in [5, 5.41) is 0. The molecule has 1 N–H and O–H groups in total. The Morgan fingerprint density at radius 1 is 1.17 bits per heavy atom. The van der Waals surface area contributed by atoms with Crippen molar-refractivity contribution in [1.29, 1.82) is 0 Å². The SMILES string of the molecule is Brc1cnc2nc(-c3cccc(OCC4CCCCC4)c3)[nH]c2c1. The van der Waals surface area contributed by atoms with Crippen molar-refractivity contribution in [3.8, 4) is 17.1 Å². The van der Waals surface area contributed by atoms with Crippen LogP contribution in [-0.4, -0.2) is 21.6 Å². The Kier molecular flexibility index (Phi) is 4.52. The highest BCUT2D eigenvalue weighted by Gasteiger charge is 2.14. The first-order valence-electron chi connectivity index (χ1n) is 8.52. The smallest absolute Gasteiger partial charge is 0.178 e. The van der Waals surface area contributed by atoms with Gasteiger partial charge in [0, 0.05) is 16.2 Å². The molecule has 0 aliphatic heterocycles. The van der Waals surface area contributed by atoms with Crippen LogP contribution >= 0.6 is 15.9 Å². The van der Waals surface area contributed by atoms with Crippen LogP contribution in [0, 0.1) is 5.92 Å². The molecule has 0 unspecified atom stereocenters. The van der Waals surface area contributed by atoms with Gasteiger partial charge in [-0.25, -0.2) is 9.97 Å². The van der Waals surface area contributed by atoms with Crippen LogP contribution in [0.5, 0.6) is 5.75 Å². The van der Waals surface area contributed by atoms with Crippen LogP contribution in [0.1, 0.15) is 32.1 Å². The monoisotopic (exact) mass is 385 g/mol. The molecule has 1 aromatic carbocycles. The number of benzene rings is 1. The number of H-pyrrole nitrogens is 1. The summed E-state index contributed by atoms with van der Waals surface area (Å²) in [7, 11) is 0. The molecule has 1 fully saturated rings. The van der Waals surface area contributed by atoms with Gasteiger partial charge in [-0.15, -0.1) is 0 Å². The van der Waals surface area contributed by atoms with E-state index in [1.54, 1.807) is 6.20 Å². The van der Waals surface area contributed by atoms with E-state index in [0.717, 1.165) is 39.4 Å². The van der Waals surface area contributed by atoms with Crippen LogP contribution in [-0.2, 0) is 0 Å². The van der Waals surface area contributed by atoms with Gasteiger partial charge in [-0.05, 0) is 52.9 Å². The number of rotatable bonds is 4. The third kappa shape index (κ3) is 3.46. The van der Waals surface area contributed by atoms with Gasteiger partial charge in [-0.1, -0.05) is 31.4 Å². The number of hydrogen-bond acceptors (Lipinski definition) is 3. The fraction of sp³-hybridized carbons (Fsp3) is 0.368. The number of nitrogens with one attached hydrogen (secondary N) is 1. The maximum Gasteiger partial charge on any atom is 0.178 e. The zero-order chi connectivity index (χ0) is 16.4. The molecule has 0 amide bonds. The van der Waals surface area contributed by atoms with E-state index in [1.807, 2.05) is 24.3 Å². The fourth-order valence-electron chi connectivity index (χ4n) is 3.31. The minimum atomic E-state index is 0.704. The highest BCUT2D eigenvalue weighted by molar-refractivity contribution is 9.10. The molecule has 0 spiro atoms. The summed E-state index contributed by atoms with van der Waals surface area (Å²) >= 11 is 3.44. The average molecular weight is 386 g/mol. The van der Waals surface area contributed by atoms with Gasteiger partial charge in [-0.3, -0.25) is 0 Å². The van der Waals surface area contributed by atoms with Crippen LogP contribution in [0.2, 0.25) is 0 Å². The fourth-order valence-corrected chi connectivity index (χ4v) is 3.64. The van der Waals surface area contributed by atoms with E-state index in [1.165, 1.54) is 32.1 Å². The number of fused-ring (bicyclic) bond motifs is 1. The van der Waals surface area contributed by atoms with Crippen molar-refractivity contribution in [2.75, 3.05) is 6.61 Å². The second-order valence-electron chi connectivity index (χ2n) is 6.45. The van der Waals surface area contributed by atoms with Crippen LogP contribution in [0.3, 0.4) is 0 Å². The molecule has 2 heterocycles. The summed E-state index contributed by atoms with van der Waals surface area (Å²) in [6.45, 7) is 0.818. The Bertz CT molecular complexity index is 839. The van der Waals surface area contributed by atoms with Gasteiger partial charge in [0.05, 0.1) is 12.1 Å². The molecular formula is C19H20BrN3O. The molecule has 0 bridgehead atoms. The van der Waals surface area contributed by atoms with Crippen molar-refractivity contribution in [2.24, 2.45) is 5.92 Å². The lowest BCUT2D eigenvalue weighted by Gasteiger charge is -2.21. The molecule has 124 valence electrons. The molecule has 3 aromatic rings. The number of imidazole rings is 1. The predicted octanol–water partition coefficient (Wildman–Crippen LogP) is 5.35. The Morgan fingerprint density at radius 3 is 2.92 bits per heavy atom. The Labute approximate surface area is 149 Å². The van der Waals surface area contributed by atoms with E-state index in [0.29, 0.717) is 5.92 Å². The minimum absolute atomic E-state index is 0.704. The third-order valence-corrected chi connectivity index (χ3v) is 5.06. The number of halogens is 1. The highest BCUT2D eigenvalue weighted by Crippen LogP contribution is 2.27. The summed E-state index contributed by atoms with van der Waals surface area (Å²) in [6.07, 6.45) is 8.41. The van der Waals surface area contributed by atoms with E-state index < -0.39 is 0 Å². The lowest BCUT2D eigenvalue weighted by molar-refractivity contribution is 0.209. The summed E-state index contributed by atoms with van der Waals surface area (Å²) in [6, 6.07) is 10.1. The maximum atomic E-state index is 6.04. The van der Waals surface area contributed by atoms with Gasteiger partial charge in [-0.2, -0.15) is 0 Å². The number of aromatic amines is 1. The number of nitrogens with zero attached hydrogens (tertiary/aromatic N) is 2. The second-order valence-corrected chi connectivity index (χ2v) is 7.37. The molecule has 0 radical (unpaired) electrons. The first-order chi connectivity index (χ1) is 11.8. The molecule has 0 atom stereocenters. The number of ether oxygens (including phenoxy) is 1. The lowest BCUT2D eigenvalue weighted by atomic mass is 9.90. The summed E-state index contributed by atoms with van der Waals surface area (Å²) < 4.78 is 6.98. The maximum absolute atomic E-state index is 6.04. The Morgan fingerprint density at radius 2 is 2.04 bits per heavy atom. The van der Waals surface area contributed by atoms with Gasteiger partial charge in [0.2, 0.25) is 0 Å². The third-order valence-electron chi connectivity index (χ3n) is 4.62. The van der Waals surface area contributed by atoms with Crippen LogP contribution in [0.15, 0.2) is 41.0 Å². The quantitative estimate of drug-likeness (QED) is 0.658. The molecule has 1 aliphatic carbocycles. The summed E-state index contributed by atoms with van der Waals surface area (Å²) in [5.41, 5.74) is 2.67. The van der Waals surface area contributed by atoms with Crippen molar-refractivity contribution in [3.05, 3.63) is 41.0 Å². The van der Waals surface area contributed by atoms with Gasteiger partial charge in [0.15, 0.2) is 5.65 Å². The van der Waals surface area contributed by atoms with Crippen molar-refractivity contribution >= 4 is 27.1 Å². The van der Waals surface area contributed by atoms with Crippen molar-refractivity contribution in [3.63, 3.8) is 0 Å². The van der Waals surface area contributed by atoms with Gasteiger partial charge < -0.3 is 9.72 Å². The Balaban J connectivity index is 1.52. The molecule has 4 nitrogen and oxygen atoms in total. The standard InChI is InChI=1S/C19H20BrN3O/c20-15-10-17-19(21-11-15)23-18(22-17)14-7-4-8-16(9-14)24-12-13-5-2-1-3-6-13/h4,7-11,13H,1-3,5-6,12H2,(H,21,22,23). The van der Waals surface area contributed by atoms with E-state index >= 15 is 0 Å². The molecule has 1 saturated carbocycles. The Hall–Kier alpha value is -1.88. The van der Waals surface area contributed by atoms with E-state index in [2.05, 4.69) is 36.9 Å². The van der Waals surface area contributed by atoms with Crippen molar-refractivity contribution < 1.29 is 4.74 Å². The van der Waals surface area contributed by atoms with Gasteiger partial charge in [0.1, 0.15) is 11.6 Å². The number of aromatic nitrogens is 3. The second kappa shape index (κ2) is 6.93. The van der Waals surface area contributed by atoms with Crippen molar-refractivity contribution in [2.45, 2.75) is 32.1 Å². The number of pyridine rings is 1. The van der Waals surface area contributed by atoms with Crippen LogP contribution in [0.4, 0.5) is 0 Å². The molecule has 5 heteroatoms. The van der Waals surface area contributed by atoms with E-state index in [9.17, 15) is 0 Å². The first-order valence-corrected chi connectivity index (χ1v) is 9.32. The van der Waals surface area contributed by atoms with Gasteiger partial charge in [0.25, 0.3) is 0 Å². The van der Waals surface area contributed by atoms with Crippen LogP contribution < -0.4 is 4.74 Å². The molecule has 2 aromatic heterocycles. The van der Waals surface area contributed by atoms with E-state index in [4.69, 9.17) is 4.74 Å². The molecule has 24 heavy (non-hydrogen) atoms. The summed E-state index contributed by atoms with van der Waals surface area (Å²) in [4.78, 5) is 12.2. The van der Waals surface area contributed by atoms with Gasteiger partial charge >= 0.3 is 0 Å². The topological polar surface area (TPSA) is 50.8 Å². The first kappa shape index (κ1) is 15.6.